The Balaban J connectivity index is 3.12. The standard InChI is InChI=1S/C9H15N3O2S/c1-3-10-9-8(6-5-7-11-9)15(13,14)12-4-2/h5-7,12H,3-4H2,1-2H3,(H,10,11). The van der Waals surface area contributed by atoms with Crippen LogP contribution in [0.5, 0.6) is 0 Å². The van der Waals surface area contributed by atoms with Gasteiger partial charge >= 0.3 is 0 Å². The van der Waals surface area contributed by atoms with Gasteiger partial charge in [0.05, 0.1) is 0 Å². The highest BCUT2D eigenvalue weighted by atomic mass is 32.2. The van der Waals surface area contributed by atoms with Crippen LogP contribution in [0.1, 0.15) is 13.8 Å². The number of anilines is 1. The normalized spacial score (nSPS) is 11.3. The lowest BCUT2D eigenvalue weighted by molar-refractivity contribution is 0.584. The van der Waals surface area contributed by atoms with Gasteiger partial charge in [-0.2, -0.15) is 0 Å². The van der Waals surface area contributed by atoms with Crippen molar-refractivity contribution in [3.63, 3.8) is 0 Å². The van der Waals surface area contributed by atoms with E-state index in [9.17, 15) is 8.42 Å². The number of hydrogen-bond acceptors (Lipinski definition) is 4. The summed E-state index contributed by atoms with van der Waals surface area (Å²) in [5.74, 6) is 0.390. The number of rotatable bonds is 5. The van der Waals surface area contributed by atoms with Gasteiger partial charge in [0.2, 0.25) is 10.0 Å². The maximum Gasteiger partial charge on any atom is 0.244 e. The molecule has 0 saturated carbocycles. The number of nitrogens with one attached hydrogen (secondary N) is 2. The van der Waals surface area contributed by atoms with Crippen LogP contribution in [0.15, 0.2) is 23.2 Å². The monoisotopic (exact) mass is 229 g/mol. The van der Waals surface area contributed by atoms with E-state index in [1.165, 1.54) is 6.07 Å². The van der Waals surface area contributed by atoms with E-state index in [1.54, 1.807) is 19.2 Å². The second-order valence-corrected chi connectivity index (χ2v) is 4.62. The van der Waals surface area contributed by atoms with Gasteiger partial charge in [-0.05, 0) is 19.1 Å². The van der Waals surface area contributed by atoms with E-state index in [0.717, 1.165) is 0 Å². The molecule has 84 valence electrons. The molecule has 0 aliphatic rings. The van der Waals surface area contributed by atoms with Crippen molar-refractivity contribution in [3.05, 3.63) is 18.3 Å². The highest BCUT2D eigenvalue weighted by Gasteiger charge is 2.17. The van der Waals surface area contributed by atoms with Gasteiger partial charge in [0.15, 0.2) is 0 Å². The van der Waals surface area contributed by atoms with Crippen molar-refractivity contribution in [2.45, 2.75) is 18.7 Å². The topological polar surface area (TPSA) is 71.1 Å². The molecule has 0 aliphatic carbocycles. The first-order valence-electron chi connectivity index (χ1n) is 4.80. The van der Waals surface area contributed by atoms with Crippen LogP contribution in [0, 0.1) is 0 Å². The summed E-state index contributed by atoms with van der Waals surface area (Å²) in [5.41, 5.74) is 0. The summed E-state index contributed by atoms with van der Waals surface area (Å²) in [4.78, 5) is 4.18. The summed E-state index contributed by atoms with van der Waals surface area (Å²) in [6.45, 7) is 4.62. The van der Waals surface area contributed by atoms with Gasteiger partial charge in [-0.15, -0.1) is 0 Å². The molecule has 0 aromatic carbocycles. The first-order valence-corrected chi connectivity index (χ1v) is 6.28. The zero-order valence-electron chi connectivity index (χ0n) is 8.82. The molecule has 0 unspecified atom stereocenters. The number of pyridine rings is 1. The Labute approximate surface area is 90.0 Å². The second-order valence-electron chi connectivity index (χ2n) is 2.88. The molecule has 6 heteroatoms. The number of nitrogens with zero attached hydrogens (tertiary/aromatic N) is 1. The molecule has 0 radical (unpaired) electrons. The fraction of sp³-hybridized carbons (Fsp3) is 0.444. The molecule has 1 aromatic rings. The Morgan fingerprint density at radius 3 is 2.67 bits per heavy atom. The van der Waals surface area contributed by atoms with E-state index < -0.39 is 10.0 Å². The zero-order valence-corrected chi connectivity index (χ0v) is 9.63. The van der Waals surface area contributed by atoms with Crippen molar-refractivity contribution < 1.29 is 8.42 Å². The number of aromatic nitrogens is 1. The quantitative estimate of drug-likeness (QED) is 0.784. The lowest BCUT2D eigenvalue weighted by Gasteiger charge is -2.09. The molecule has 0 aliphatic heterocycles. The summed E-state index contributed by atoms with van der Waals surface area (Å²) in [7, 11) is -3.44. The van der Waals surface area contributed by atoms with Crippen molar-refractivity contribution in [2.24, 2.45) is 0 Å². The molecule has 0 saturated heterocycles. The predicted octanol–water partition coefficient (Wildman–Crippen LogP) is 0.812. The van der Waals surface area contributed by atoms with E-state index in [1.807, 2.05) is 6.92 Å². The Kier molecular flexibility index (Phi) is 4.05. The van der Waals surface area contributed by atoms with Crippen LogP contribution in [0.2, 0.25) is 0 Å². The minimum atomic E-state index is -3.44. The maximum atomic E-state index is 11.7. The smallest absolute Gasteiger partial charge is 0.244 e. The van der Waals surface area contributed by atoms with Crippen LogP contribution in [0.4, 0.5) is 5.82 Å². The lowest BCUT2D eigenvalue weighted by atomic mass is 10.4. The van der Waals surface area contributed by atoms with Crippen LogP contribution in [-0.2, 0) is 10.0 Å². The van der Waals surface area contributed by atoms with E-state index in [0.29, 0.717) is 18.9 Å². The van der Waals surface area contributed by atoms with Crippen LogP contribution in [-0.4, -0.2) is 26.5 Å². The predicted molar refractivity (Wildman–Crippen MR) is 59.3 cm³/mol. The van der Waals surface area contributed by atoms with Crippen molar-refractivity contribution >= 4 is 15.8 Å². The molecule has 1 aromatic heterocycles. The number of hydrogen-bond donors (Lipinski definition) is 2. The fourth-order valence-corrected chi connectivity index (χ4v) is 2.35. The Hall–Kier alpha value is -1.14. The summed E-state index contributed by atoms with van der Waals surface area (Å²) in [5, 5.41) is 2.91. The third-order valence-electron chi connectivity index (χ3n) is 1.74. The summed E-state index contributed by atoms with van der Waals surface area (Å²) in [6, 6.07) is 3.13. The SMILES string of the molecule is CCNc1ncccc1S(=O)(=O)NCC. The minimum Gasteiger partial charge on any atom is -0.369 e. The summed E-state index contributed by atoms with van der Waals surface area (Å²) < 4.78 is 25.9. The molecule has 15 heavy (non-hydrogen) atoms. The Bertz CT molecular complexity index is 417. The molecule has 0 bridgehead atoms. The molecular weight excluding hydrogens is 214 g/mol. The number of sulfonamides is 1. The van der Waals surface area contributed by atoms with Crippen molar-refractivity contribution in [3.8, 4) is 0 Å². The van der Waals surface area contributed by atoms with Crippen molar-refractivity contribution in [2.75, 3.05) is 18.4 Å². The molecule has 1 rings (SSSR count). The van der Waals surface area contributed by atoms with Gasteiger partial charge in [0, 0.05) is 19.3 Å². The van der Waals surface area contributed by atoms with E-state index in [4.69, 9.17) is 0 Å². The fourth-order valence-electron chi connectivity index (χ4n) is 1.18. The van der Waals surface area contributed by atoms with Gasteiger partial charge in [-0.1, -0.05) is 6.92 Å². The molecule has 0 amide bonds. The van der Waals surface area contributed by atoms with E-state index in [-0.39, 0.29) is 4.90 Å². The van der Waals surface area contributed by atoms with Crippen LogP contribution in [0.25, 0.3) is 0 Å². The second kappa shape index (κ2) is 5.09. The lowest BCUT2D eigenvalue weighted by Crippen LogP contribution is -2.24. The van der Waals surface area contributed by atoms with Crippen molar-refractivity contribution in [1.29, 1.82) is 0 Å². The minimum absolute atomic E-state index is 0.189. The Morgan fingerprint density at radius 2 is 2.07 bits per heavy atom. The highest BCUT2D eigenvalue weighted by Crippen LogP contribution is 2.16. The average Bonchev–Trinajstić information content (AvgIpc) is 2.19. The van der Waals surface area contributed by atoms with Crippen LogP contribution >= 0.6 is 0 Å². The van der Waals surface area contributed by atoms with Crippen LogP contribution < -0.4 is 10.0 Å². The average molecular weight is 229 g/mol. The molecule has 0 spiro atoms. The first-order chi connectivity index (χ1) is 7.11. The zero-order chi connectivity index (χ0) is 11.3. The van der Waals surface area contributed by atoms with E-state index in [2.05, 4.69) is 15.0 Å². The van der Waals surface area contributed by atoms with Gasteiger partial charge in [0.1, 0.15) is 10.7 Å². The molecule has 0 fully saturated rings. The molecule has 1 heterocycles. The largest absolute Gasteiger partial charge is 0.369 e. The third-order valence-corrected chi connectivity index (χ3v) is 3.32. The van der Waals surface area contributed by atoms with Gasteiger partial charge in [-0.25, -0.2) is 18.1 Å². The van der Waals surface area contributed by atoms with Gasteiger partial charge < -0.3 is 5.32 Å². The molecular formula is C9H15N3O2S. The van der Waals surface area contributed by atoms with Gasteiger partial charge in [0.25, 0.3) is 0 Å². The Morgan fingerprint density at radius 1 is 1.33 bits per heavy atom. The van der Waals surface area contributed by atoms with Crippen LogP contribution in [0.3, 0.4) is 0 Å². The van der Waals surface area contributed by atoms with E-state index >= 15 is 0 Å². The first kappa shape index (κ1) is 11.9. The highest BCUT2D eigenvalue weighted by molar-refractivity contribution is 7.89. The van der Waals surface area contributed by atoms with Crippen molar-refractivity contribution in [1.82, 2.24) is 9.71 Å². The molecule has 0 atom stereocenters. The molecule has 2 N–H and O–H groups in total. The molecule has 5 nitrogen and oxygen atoms in total. The summed E-state index contributed by atoms with van der Waals surface area (Å²) >= 11 is 0. The summed E-state index contributed by atoms with van der Waals surface area (Å²) in [6.07, 6.45) is 1.56. The van der Waals surface area contributed by atoms with Gasteiger partial charge in [-0.3, -0.25) is 0 Å². The maximum absolute atomic E-state index is 11.7. The third kappa shape index (κ3) is 2.90.